The number of amides is 1. The Kier molecular flexibility index (Phi) is 6.63. The molecular weight excluding hydrogens is 414 g/mol. The molecule has 7 atom stereocenters. The Labute approximate surface area is 198 Å². The molecule has 0 aromatic rings. The van der Waals surface area contributed by atoms with Crippen molar-refractivity contribution in [2.75, 3.05) is 6.54 Å². The average Bonchev–Trinajstić information content (AvgIpc) is 3.04. The summed E-state index contributed by atoms with van der Waals surface area (Å²) in [4.78, 5) is 39.2. The molecule has 1 unspecified atom stereocenters. The molecular formula is C28H41NO4. The van der Waals surface area contributed by atoms with E-state index in [0.717, 1.165) is 63.4 Å². The van der Waals surface area contributed by atoms with Crippen molar-refractivity contribution in [3.05, 3.63) is 23.5 Å². The van der Waals surface area contributed by atoms with Crippen LogP contribution in [-0.4, -0.2) is 29.1 Å². The third-order valence-electron chi connectivity index (χ3n) is 9.87. The number of carbonyl (C=O) groups is 3. The van der Waals surface area contributed by atoms with Crippen LogP contribution < -0.4 is 5.32 Å². The highest BCUT2D eigenvalue weighted by Crippen LogP contribution is 2.67. The van der Waals surface area contributed by atoms with Gasteiger partial charge in [-0.25, -0.2) is 0 Å². The van der Waals surface area contributed by atoms with Crippen LogP contribution in [0.1, 0.15) is 85.5 Å². The minimum atomic E-state index is -0.544. The second-order valence-corrected chi connectivity index (χ2v) is 11.6. The van der Waals surface area contributed by atoms with Gasteiger partial charge in [0.25, 0.3) is 5.91 Å². The molecule has 4 aliphatic rings. The van der Waals surface area contributed by atoms with E-state index in [-0.39, 0.29) is 40.5 Å². The van der Waals surface area contributed by atoms with E-state index < -0.39 is 11.3 Å². The summed E-state index contributed by atoms with van der Waals surface area (Å²) in [6.45, 7) is 9.17. The number of nitrogens with one attached hydrogen (secondary N) is 1. The predicted molar refractivity (Wildman–Crippen MR) is 128 cm³/mol. The second-order valence-electron chi connectivity index (χ2n) is 11.6. The van der Waals surface area contributed by atoms with Gasteiger partial charge in [0.1, 0.15) is 5.76 Å². The largest absolute Gasteiger partial charge is 0.508 e. The zero-order valence-corrected chi connectivity index (χ0v) is 20.8. The van der Waals surface area contributed by atoms with E-state index in [4.69, 9.17) is 0 Å². The fourth-order valence-corrected chi connectivity index (χ4v) is 8.20. The summed E-state index contributed by atoms with van der Waals surface area (Å²) >= 11 is 0. The molecule has 33 heavy (non-hydrogen) atoms. The first-order chi connectivity index (χ1) is 15.6. The van der Waals surface area contributed by atoms with Crippen LogP contribution in [0.5, 0.6) is 0 Å². The Morgan fingerprint density at radius 1 is 1.12 bits per heavy atom. The second kappa shape index (κ2) is 9.03. The lowest BCUT2D eigenvalue weighted by atomic mass is 9.47. The van der Waals surface area contributed by atoms with Crippen LogP contribution >= 0.6 is 0 Å². The van der Waals surface area contributed by atoms with Gasteiger partial charge in [0, 0.05) is 18.5 Å². The molecule has 0 heterocycles. The maximum Gasteiger partial charge on any atom is 0.287 e. The number of unbranched alkanes of at least 4 members (excludes halogenated alkanes) is 3. The maximum absolute atomic E-state index is 13.4. The van der Waals surface area contributed by atoms with E-state index >= 15 is 0 Å². The van der Waals surface area contributed by atoms with Crippen molar-refractivity contribution in [2.24, 2.45) is 40.4 Å². The molecule has 0 aliphatic heterocycles. The highest BCUT2D eigenvalue weighted by Gasteiger charge is 2.63. The minimum absolute atomic E-state index is 0.0249. The van der Waals surface area contributed by atoms with Gasteiger partial charge in [-0.1, -0.05) is 45.6 Å². The number of rotatable bonds is 7. The molecule has 0 spiro atoms. The van der Waals surface area contributed by atoms with E-state index in [1.54, 1.807) is 6.08 Å². The molecule has 5 nitrogen and oxygen atoms in total. The van der Waals surface area contributed by atoms with E-state index in [2.05, 4.69) is 33.0 Å². The standard InChI is InChI=1S/C28H41NO4/c1-5-6-7-8-13-29-26(33)25(32)24-17(2)14-22-20-10-9-18-15-19(30)16-23(31)28(18,4)21(20)11-12-27(22,24)3/h15-17,20-22,24,30H,5-14H2,1-4H3,(H,29,33)/t17?,20-,21+,22+,24-,27+,28+/m1/s1. The van der Waals surface area contributed by atoms with Crippen molar-refractivity contribution < 1.29 is 19.5 Å². The van der Waals surface area contributed by atoms with Crippen molar-refractivity contribution in [3.63, 3.8) is 0 Å². The molecule has 1 amide bonds. The van der Waals surface area contributed by atoms with E-state index in [9.17, 15) is 19.5 Å². The molecule has 3 fully saturated rings. The summed E-state index contributed by atoms with van der Waals surface area (Å²) in [5.41, 5.74) is 0.334. The zero-order valence-electron chi connectivity index (χ0n) is 20.8. The summed E-state index contributed by atoms with van der Waals surface area (Å²) in [6, 6.07) is 0. The smallest absolute Gasteiger partial charge is 0.287 e. The van der Waals surface area contributed by atoms with Gasteiger partial charge in [-0.15, -0.1) is 0 Å². The Hall–Kier alpha value is -1.91. The number of aliphatic hydroxyl groups is 1. The van der Waals surface area contributed by atoms with Crippen LogP contribution in [0.25, 0.3) is 0 Å². The molecule has 0 aromatic carbocycles. The van der Waals surface area contributed by atoms with Gasteiger partial charge in [-0.05, 0) is 80.6 Å². The lowest BCUT2D eigenvalue weighted by Crippen LogP contribution is -2.54. The fraction of sp³-hybridized carbons (Fsp3) is 0.750. The number of Topliss-reactive ketones (excluding diaryl/α,β-unsaturated/α-hetero) is 1. The first kappa shape index (κ1) is 24.2. The van der Waals surface area contributed by atoms with Gasteiger partial charge < -0.3 is 10.4 Å². The minimum Gasteiger partial charge on any atom is -0.508 e. The third-order valence-corrected chi connectivity index (χ3v) is 9.87. The molecule has 4 aliphatic carbocycles. The summed E-state index contributed by atoms with van der Waals surface area (Å²) in [5.74, 6) is 0.360. The van der Waals surface area contributed by atoms with E-state index in [0.29, 0.717) is 18.4 Å². The number of fused-ring (bicyclic) bond motifs is 5. The molecule has 2 N–H and O–H groups in total. The SMILES string of the molecule is CCCCCCNC(=O)C(=O)[C@H]1C(C)C[C@H]2[C@@H]3CCC4=CC(O)=CC(=O)[C@]4(C)[C@H]3CC[C@]12C. The Bertz CT molecular complexity index is 888. The number of hydrogen-bond donors (Lipinski definition) is 2. The first-order valence-corrected chi connectivity index (χ1v) is 13.1. The van der Waals surface area contributed by atoms with Gasteiger partial charge >= 0.3 is 0 Å². The molecule has 0 bridgehead atoms. The van der Waals surface area contributed by atoms with Gasteiger partial charge in [0.05, 0.1) is 5.41 Å². The quantitative estimate of drug-likeness (QED) is 0.403. The third kappa shape index (κ3) is 3.89. The van der Waals surface area contributed by atoms with Crippen LogP contribution in [0.4, 0.5) is 0 Å². The lowest BCUT2D eigenvalue weighted by molar-refractivity contribution is -0.146. The highest BCUT2D eigenvalue weighted by atomic mass is 16.3. The number of ketones is 2. The number of carbonyl (C=O) groups excluding carboxylic acids is 3. The van der Waals surface area contributed by atoms with Crippen LogP contribution in [0.15, 0.2) is 23.5 Å². The van der Waals surface area contributed by atoms with Crippen LogP contribution in [0, 0.1) is 40.4 Å². The van der Waals surface area contributed by atoms with Crippen LogP contribution in [-0.2, 0) is 14.4 Å². The molecule has 0 saturated heterocycles. The van der Waals surface area contributed by atoms with Gasteiger partial charge in [-0.3, -0.25) is 14.4 Å². The number of aliphatic hydroxyl groups excluding tert-OH is 1. The Balaban J connectivity index is 1.51. The summed E-state index contributed by atoms with van der Waals surface area (Å²) in [5, 5.41) is 12.9. The topological polar surface area (TPSA) is 83.5 Å². The van der Waals surface area contributed by atoms with Gasteiger partial charge in [0.2, 0.25) is 5.78 Å². The van der Waals surface area contributed by atoms with Crippen molar-refractivity contribution in [1.29, 1.82) is 0 Å². The van der Waals surface area contributed by atoms with Crippen molar-refractivity contribution in [2.45, 2.75) is 85.5 Å². The molecule has 4 rings (SSSR count). The summed E-state index contributed by atoms with van der Waals surface area (Å²) < 4.78 is 0. The molecule has 0 radical (unpaired) electrons. The van der Waals surface area contributed by atoms with Crippen molar-refractivity contribution >= 4 is 17.5 Å². The maximum atomic E-state index is 13.4. The normalized spacial score (nSPS) is 39.6. The van der Waals surface area contributed by atoms with Gasteiger partial charge in [0.15, 0.2) is 5.78 Å². The Morgan fingerprint density at radius 2 is 1.88 bits per heavy atom. The zero-order chi connectivity index (χ0) is 24.0. The van der Waals surface area contributed by atoms with Crippen LogP contribution in [0.2, 0.25) is 0 Å². The highest BCUT2D eigenvalue weighted by molar-refractivity contribution is 6.37. The molecule has 5 heteroatoms. The molecule has 182 valence electrons. The van der Waals surface area contributed by atoms with Gasteiger partial charge in [-0.2, -0.15) is 0 Å². The average molecular weight is 456 g/mol. The molecule has 3 saturated carbocycles. The Morgan fingerprint density at radius 3 is 2.61 bits per heavy atom. The predicted octanol–water partition coefficient (Wildman–Crippen LogP) is 5.31. The summed E-state index contributed by atoms with van der Waals surface area (Å²) in [7, 11) is 0. The fourth-order valence-electron chi connectivity index (χ4n) is 8.20. The summed E-state index contributed by atoms with van der Waals surface area (Å²) in [6.07, 6.45) is 12.0. The number of allylic oxidation sites excluding steroid dienone is 3. The molecule has 0 aromatic heterocycles. The van der Waals surface area contributed by atoms with E-state index in [1.807, 2.05) is 0 Å². The lowest BCUT2D eigenvalue weighted by Gasteiger charge is -2.56. The van der Waals surface area contributed by atoms with Crippen LogP contribution in [0.3, 0.4) is 0 Å². The van der Waals surface area contributed by atoms with E-state index in [1.165, 1.54) is 6.08 Å². The first-order valence-electron chi connectivity index (χ1n) is 13.1. The number of hydrogen-bond acceptors (Lipinski definition) is 4. The monoisotopic (exact) mass is 455 g/mol. The van der Waals surface area contributed by atoms with Crippen molar-refractivity contribution in [3.8, 4) is 0 Å². The van der Waals surface area contributed by atoms with Crippen molar-refractivity contribution in [1.82, 2.24) is 5.32 Å².